The molecular weight excluding hydrogens is 425 g/mol. The maximum atomic E-state index is 14.5. The third kappa shape index (κ3) is 6.15. The average Bonchev–Trinajstić information content (AvgIpc) is 2.81. The van der Waals surface area contributed by atoms with Gasteiger partial charge in [0.15, 0.2) is 0 Å². The molecule has 0 N–H and O–H groups in total. The van der Waals surface area contributed by atoms with Crippen molar-refractivity contribution in [1.29, 1.82) is 0 Å². The van der Waals surface area contributed by atoms with E-state index in [4.69, 9.17) is 4.74 Å². The molecule has 1 aromatic carbocycles. The van der Waals surface area contributed by atoms with Crippen molar-refractivity contribution in [1.82, 2.24) is 15.0 Å². The number of ether oxygens (including phenoxy) is 1. The van der Waals surface area contributed by atoms with Gasteiger partial charge in [-0.3, -0.25) is 29.4 Å². The summed E-state index contributed by atoms with van der Waals surface area (Å²) in [6, 6.07) is 9.78. The average molecular weight is 456 g/mol. The zero-order chi connectivity index (χ0) is 23.8. The minimum absolute atomic E-state index is 0.129. The fourth-order valence-electron chi connectivity index (χ4n) is 4.20. The molecule has 1 aliphatic rings. The van der Waals surface area contributed by atoms with Crippen molar-refractivity contribution >= 4 is 17.8 Å². The molecule has 1 aliphatic heterocycles. The van der Waals surface area contributed by atoms with Gasteiger partial charge in [0.25, 0.3) is 0 Å². The third-order valence-corrected chi connectivity index (χ3v) is 5.92. The molecule has 8 heteroatoms. The fourth-order valence-corrected chi connectivity index (χ4v) is 4.20. The second-order valence-corrected chi connectivity index (χ2v) is 8.12. The molecule has 176 valence electrons. The molecule has 1 aromatic heterocycles. The van der Waals surface area contributed by atoms with Crippen molar-refractivity contribution in [2.75, 3.05) is 19.7 Å². The van der Waals surface area contributed by atoms with Crippen molar-refractivity contribution in [2.24, 2.45) is 5.92 Å². The van der Waals surface area contributed by atoms with E-state index in [-0.39, 0.29) is 36.4 Å². The second kappa shape index (κ2) is 11.5. The maximum Gasteiger partial charge on any atom is 0.315 e. The predicted octanol–water partition coefficient (Wildman–Crippen LogP) is 3.50. The number of aromatic nitrogens is 1. The minimum atomic E-state index is -1.04. The summed E-state index contributed by atoms with van der Waals surface area (Å²) in [6.45, 7) is 3.34. The molecular formula is C25H30FN3O4. The van der Waals surface area contributed by atoms with E-state index in [0.29, 0.717) is 13.0 Å². The van der Waals surface area contributed by atoms with Crippen molar-refractivity contribution in [3.8, 4) is 0 Å². The molecule has 0 unspecified atom stereocenters. The first-order valence-corrected chi connectivity index (χ1v) is 11.3. The Kier molecular flexibility index (Phi) is 8.52. The Morgan fingerprint density at radius 3 is 2.64 bits per heavy atom. The van der Waals surface area contributed by atoms with Crippen LogP contribution in [-0.2, 0) is 25.5 Å². The molecule has 0 radical (unpaired) electrons. The first-order valence-electron chi connectivity index (χ1n) is 11.3. The van der Waals surface area contributed by atoms with Crippen LogP contribution in [0.4, 0.5) is 4.39 Å². The molecule has 1 saturated heterocycles. The summed E-state index contributed by atoms with van der Waals surface area (Å²) < 4.78 is 19.7. The van der Waals surface area contributed by atoms with Gasteiger partial charge in [0.1, 0.15) is 11.7 Å². The van der Waals surface area contributed by atoms with Crippen LogP contribution < -0.4 is 0 Å². The number of hydrogen-bond donors (Lipinski definition) is 0. The van der Waals surface area contributed by atoms with Crippen LogP contribution >= 0.6 is 0 Å². The molecule has 7 nitrogen and oxygen atoms in total. The fraction of sp³-hybridized carbons (Fsp3) is 0.440. The van der Waals surface area contributed by atoms with Crippen molar-refractivity contribution in [2.45, 2.75) is 45.4 Å². The topological polar surface area (TPSA) is 79.8 Å². The number of esters is 1. The van der Waals surface area contributed by atoms with Gasteiger partial charge in [0, 0.05) is 37.3 Å². The van der Waals surface area contributed by atoms with E-state index < -0.39 is 17.7 Å². The molecule has 1 fully saturated rings. The highest BCUT2D eigenvalue weighted by Gasteiger charge is 2.36. The number of piperidine rings is 1. The Balaban J connectivity index is 1.79. The first kappa shape index (κ1) is 24.4. The number of carbonyl (C=O) groups excluding carboxylic acids is 3. The van der Waals surface area contributed by atoms with Gasteiger partial charge in [-0.05, 0) is 56.4 Å². The molecule has 0 aliphatic carbocycles. The third-order valence-electron chi connectivity index (χ3n) is 5.92. The molecule has 2 heterocycles. The van der Waals surface area contributed by atoms with E-state index in [1.54, 1.807) is 25.4 Å². The highest BCUT2D eigenvalue weighted by molar-refractivity contribution is 5.84. The van der Waals surface area contributed by atoms with Crippen molar-refractivity contribution < 1.29 is 23.5 Å². The van der Waals surface area contributed by atoms with E-state index in [0.717, 1.165) is 24.8 Å². The van der Waals surface area contributed by atoms with Gasteiger partial charge in [-0.2, -0.15) is 0 Å². The van der Waals surface area contributed by atoms with Crippen LogP contribution in [0, 0.1) is 11.7 Å². The lowest BCUT2D eigenvalue weighted by Crippen LogP contribution is -2.55. The van der Waals surface area contributed by atoms with Gasteiger partial charge in [0.2, 0.25) is 11.8 Å². The molecule has 3 rings (SSSR count). The van der Waals surface area contributed by atoms with E-state index in [1.807, 2.05) is 12.1 Å². The number of hydrogen-bond acceptors (Lipinski definition) is 5. The summed E-state index contributed by atoms with van der Waals surface area (Å²) in [5.74, 6) is -3.00. The summed E-state index contributed by atoms with van der Waals surface area (Å²) in [7, 11) is 0. The van der Waals surface area contributed by atoms with Crippen molar-refractivity contribution in [3.63, 3.8) is 0 Å². The molecule has 0 saturated carbocycles. The van der Waals surface area contributed by atoms with Gasteiger partial charge in [-0.25, -0.2) is 4.39 Å². The highest BCUT2D eigenvalue weighted by Crippen LogP contribution is 2.28. The number of benzene rings is 1. The number of aryl methyl sites for hydroxylation is 1. The van der Waals surface area contributed by atoms with E-state index in [1.165, 1.54) is 35.1 Å². The predicted molar refractivity (Wildman–Crippen MR) is 120 cm³/mol. The number of rotatable bonds is 9. The summed E-state index contributed by atoms with van der Waals surface area (Å²) in [5, 5.41) is 2.70. The van der Waals surface area contributed by atoms with Crippen molar-refractivity contribution in [3.05, 3.63) is 65.7 Å². The Hall–Kier alpha value is -3.29. The Labute approximate surface area is 193 Å². The Bertz CT molecular complexity index is 969. The first-order chi connectivity index (χ1) is 15.9. The number of hydrazine groups is 1. The van der Waals surface area contributed by atoms with Gasteiger partial charge in [-0.1, -0.05) is 18.2 Å². The lowest BCUT2D eigenvalue weighted by Gasteiger charge is -2.40. The normalized spacial score (nSPS) is 16.9. The number of amides is 2. The van der Waals surface area contributed by atoms with Crippen LogP contribution in [0.15, 0.2) is 48.8 Å². The molecule has 0 bridgehead atoms. The standard InChI is InChI=1S/C25H30FN3O4/c1-3-33-25(32)22(21-8-4-5-9-23(21)26)17-29(18(2)30)28-16-6-7-20(24(28)31)11-10-19-12-14-27-15-13-19/h4-5,8-9,12-15,20,22H,3,6-7,10-11,16-17H2,1-2H3/t20-,22+/m0/s1. The Morgan fingerprint density at radius 1 is 1.24 bits per heavy atom. The summed E-state index contributed by atoms with van der Waals surface area (Å²) in [5.41, 5.74) is 1.24. The van der Waals surface area contributed by atoms with E-state index in [9.17, 15) is 18.8 Å². The zero-order valence-electron chi connectivity index (χ0n) is 19.1. The van der Waals surface area contributed by atoms with Crippen LogP contribution in [0.2, 0.25) is 0 Å². The molecule has 2 aromatic rings. The lowest BCUT2D eigenvalue weighted by atomic mass is 9.91. The number of nitrogens with zero attached hydrogens (tertiary/aromatic N) is 3. The van der Waals surface area contributed by atoms with Crippen LogP contribution in [-0.4, -0.2) is 52.5 Å². The highest BCUT2D eigenvalue weighted by atomic mass is 19.1. The lowest BCUT2D eigenvalue weighted by molar-refractivity contribution is -0.171. The molecule has 33 heavy (non-hydrogen) atoms. The van der Waals surface area contributed by atoms with Gasteiger partial charge in [-0.15, -0.1) is 0 Å². The molecule has 2 amide bonds. The van der Waals surface area contributed by atoms with E-state index >= 15 is 0 Å². The summed E-state index contributed by atoms with van der Waals surface area (Å²) >= 11 is 0. The summed E-state index contributed by atoms with van der Waals surface area (Å²) in [6.07, 6.45) is 6.30. The second-order valence-electron chi connectivity index (χ2n) is 8.12. The maximum absolute atomic E-state index is 14.5. The minimum Gasteiger partial charge on any atom is -0.465 e. The van der Waals surface area contributed by atoms with Crippen LogP contribution in [0.5, 0.6) is 0 Å². The van der Waals surface area contributed by atoms with Gasteiger partial charge >= 0.3 is 5.97 Å². The largest absolute Gasteiger partial charge is 0.465 e. The molecule has 0 spiro atoms. The van der Waals surface area contributed by atoms with E-state index in [2.05, 4.69) is 4.98 Å². The SMILES string of the molecule is CCOC(=O)[C@H](CN(C(C)=O)N1CCC[C@@H](CCc2ccncc2)C1=O)c1ccccc1F. The zero-order valence-corrected chi connectivity index (χ0v) is 19.1. The number of halogens is 1. The van der Waals surface area contributed by atoms with Crippen LogP contribution in [0.3, 0.4) is 0 Å². The molecule has 2 atom stereocenters. The van der Waals surface area contributed by atoms with Crippen LogP contribution in [0.25, 0.3) is 0 Å². The van der Waals surface area contributed by atoms with Gasteiger partial charge < -0.3 is 4.74 Å². The monoisotopic (exact) mass is 455 g/mol. The number of carbonyl (C=O) groups is 3. The Morgan fingerprint density at radius 2 is 1.97 bits per heavy atom. The quantitative estimate of drug-likeness (QED) is 0.541. The van der Waals surface area contributed by atoms with Crippen LogP contribution in [0.1, 0.15) is 50.2 Å². The summed E-state index contributed by atoms with van der Waals surface area (Å²) in [4.78, 5) is 42.6. The smallest absolute Gasteiger partial charge is 0.315 e. The number of pyridine rings is 1. The van der Waals surface area contributed by atoms with Gasteiger partial charge in [0.05, 0.1) is 13.2 Å².